The van der Waals surface area contributed by atoms with E-state index in [1.165, 1.54) is 5.56 Å². The molecule has 1 N–H and O–H groups in total. The van der Waals surface area contributed by atoms with Crippen LogP contribution in [-0.4, -0.2) is 11.7 Å². The molecule has 1 heteroatoms. The Hall–Kier alpha value is -0.820. The predicted molar refractivity (Wildman–Crippen MR) is 55.6 cm³/mol. The zero-order chi connectivity index (χ0) is 9.52. The molecule has 1 nitrogen and oxygen atoms in total. The molecular weight excluding hydrogens is 160 g/mol. The largest absolute Gasteiger partial charge is 0.396 e. The fraction of sp³-hybridized carbons (Fsp3) is 0.500. The molecule has 0 saturated carbocycles. The summed E-state index contributed by atoms with van der Waals surface area (Å²) in [6.45, 7) is 2.47. The predicted octanol–water partition coefficient (Wildman–Crippen LogP) is 2.64. The highest BCUT2D eigenvalue weighted by Gasteiger charge is 2.06. The van der Waals surface area contributed by atoms with Crippen molar-refractivity contribution in [2.75, 3.05) is 6.61 Å². The number of aliphatic hydroxyl groups is 1. The molecule has 1 rings (SSSR count). The summed E-state index contributed by atoms with van der Waals surface area (Å²) in [5.74, 6) is 0.437. The molecule has 1 aromatic rings. The highest BCUT2D eigenvalue weighted by molar-refractivity contribution is 5.15. The van der Waals surface area contributed by atoms with Crippen LogP contribution in [0.2, 0.25) is 0 Å². The summed E-state index contributed by atoms with van der Waals surface area (Å²) < 4.78 is 0. The molecule has 0 spiro atoms. The lowest BCUT2D eigenvalue weighted by Crippen LogP contribution is -2.08. The van der Waals surface area contributed by atoms with E-state index in [1.54, 1.807) is 0 Å². The lowest BCUT2D eigenvalue weighted by atomic mass is 9.96. The van der Waals surface area contributed by atoms with E-state index in [9.17, 15) is 0 Å². The summed E-state index contributed by atoms with van der Waals surface area (Å²) in [5.41, 5.74) is 1.33. The average molecular weight is 178 g/mol. The SMILES string of the molecule is CCC[C@H](CO)Cc1ccccc1. The van der Waals surface area contributed by atoms with Gasteiger partial charge in [-0.25, -0.2) is 0 Å². The summed E-state index contributed by atoms with van der Waals surface area (Å²) in [6, 6.07) is 10.4. The van der Waals surface area contributed by atoms with E-state index in [2.05, 4.69) is 31.2 Å². The second kappa shape index (κ2) is 5.76. The molecule has 1 atom stereocenters. The summed E-state index contributed by atoms with van der Waals surface area (Å²) in [6.07, 6.45) is 3.27. The van der Waals surface area contributed by atoms with Crippen LogP contribution in [0.1, 0.15) is 25.3 Å². The minimum Gasteiger partial charge on any atom is -0.396 e. The molecule has 0 aliphatic heterocycles. The minimum absolute atomic E-state index is 0.308. The first kappa shape index (κ1) is 10.3. The Labute approximate surface area is 80.4 Å². The van der Waals surface area contributed by atoms with Gasteiger partial charge in [0, 0.05) is 6.61 Å². The van der Waals surface area contributed by atoms with Crippen LogP contribution in [0, 0.1) is 5.92 Å². The topological polar surface area (TPSA) is 20.2 Å². The summed E-state index contributed by atoms with van der Waals surface area (Å²) >= 11 is 0. The maximum atomic E-state index is 9.12. The maximum absolute atomic E-state index is 9.12. The molecule has 0 bridgehead atoms. The first-order valence-electron chi connectivity index (χ1n) is 5.01. The van der Waals surface area contributed by atoms with E-state index >= 15 is 0 Å². The normalized spacial score (nSPS) is 12.8. The van der Waals surface area contributed by atoms with Crippen LogP contribution >= 0.6 is 0 Å². The van der Waals surface area contributed by atoms with E-state index in [4.69, 9.17) is 5.11 Å². The van der Waals surface area contributed by atoms with Gasteiger partial charge < -0.3 is 5.11 Å². The fourth-order valence-electron chi connectivity index (χ4n) is 1.61. The van der Waals surface area contributed by atoms with Crippen LogP contribution in [0.3, 0.4) is 0 Å². The second-order valence-corrected chi connectivity index (χ2v) is 3.53. The van der Waals surface area contributed by atoms with E-state index in [-0.39, 0.29) is 0 Å². The van der Waals surface area contributed by atoms with Gasteiger partial charge in [0.2, 0.25) is 0 Å². The number of hydrogen-bond donors (Lipinski definition) is 1. The number of aliphatic hydroxyl groups excluding tert-OH is 1. The van der Waals surface area contributed by atoms with Crippen LogP contribution in [0.4, 0.5) is 0 Å². The third kappa shape index (κ3) is 3.60. The average Bonchev–Trinajstić information content (AvgIpc) is 2.19. The van der Waals surface area contributed by atoms with Gasteiger partial charge in [0.1, 0.15) is 0 Å². The van der Waals surface area contributed by atoms with Crippen molar-refractivity contribution in [3.63, 3.8) is 0 Å². The Morgan fingerprint density at radius 1 is 1.23 bits per heavy atom. The monoisotopic (exact) mass is 178 g/mol. The molecule has 0 fully saturated rings. The van der Waals surface area contributed by atoms with Crippen LogP contribution in [0.25, 0.3) is 0 Å². The molecule has 0 unspecified atom stereocenters. The van der Waals surface area contributed by atoms with Crippen molar-refractivity contribution in [1.82, 2.24) is 0 Å². The van der Waals surface area contributed by atoms with E-state index in [1.807, 2.05) is 6.07 Å². The maximum Gasteiger partial charge on any atom is 0.0462 e. The van der Waals surface area contributed by atoms with Crippen molar-refractivity contribution >= 4 is 0 Å². The molecule has 0 aliphatic rings. The van der Waals surface area contributed by atoms with Gasteiger partial charge >= 0.3 is 0 Å². The molecule has 72 valence electrons. The Morgan fingerprint density at radius 2 is 1.92 bits per heavy atom. The summed E-state index contributed by atoms with van der Waals surface area (Å²) in [7, 11) is 0. The summed E-state index contributed by atoms with van der Waals surface area (Å²) in [4.78, 5) is 0. The molecule has 0 aliphatic carbocycles. The number of benzene rings is 1. The molecule has 0 radical (unpaired) electrons. The second-order valence-electron chi connectivity index (χ2n) is 3.53. The third-order valence-corrected chi connectivity index (χ3v) is 2.32. The quantitative estimate of drug-likeness (QED) is 0.735. The Bertz CT molecular complexity index is 218. The van der Waals surface area contributed by atoms with Crippen molar-refractivity contribution in [2.24, 2.45) is 5.92 Å². The Morgan fingerprint density at radius 3 is 2.46 bits per heavy atom. The van der Waals surface area contributed by atoms with Gasteiger partial charge in [-0.15, -0.1) is 0 Å². The summed E-state index contributed by atoms with van der Waals surface area (Å²) in [5, 5.41) is 9.12. The first-order chi connectivity index (χ1) is 6.36. The van der Waals surface area contributed by atoms with Crippen molar-refractivity contribution in [3.05, 3.63) is 35.9 Å². The van der Waals surface area contributed by atoms with Crippen LogP contribution in [-0.2, 0) is 6.42 Å². The molecule has 1 aromatic carbocycles. The lowest BCUT2D eigenvalue weighted by Gasteiger charge is -2.12. The number of rotatable bonds is 5. The molecule has 0 amide bonds. The van der Waals surface area contributed by atoms with Crippen LogP contribution < -0.4 is 0 Å². The zero-order valence-corrected chi connectivity index (χ0v) is 8.24. The zero-order valence-electron chi connectivity index (χ0n) is 8.24. The fourth-order valence-corrected chi connectivity index (χ4v) is 1.61. The van der Waals surface area contributed by atoms with E-state index < -0.39 is 0 Å². The van der Waals surface area contributed by atoms with Crippen molar-refractivity contribution in [3.8, 4) is 0 Å². The molecule has 0 saturated heterocycles. The van der Waals surface area contributed by atoms with Gasteiger partial charge in [0.15, 0.2) is 0 Å². The standard InChI is InChI=1S/C12H18O/c1-2-6-12(10-13)9-11-7-4-3-5-8-11/h3-5,7-8,12-13H,2,6,9-10H2,1H3/t12-/m0/s1. The Balaban J connectivity index is 2.46. The van der Waals surface area contributed by atoms with Crippen LogP contribution in [0.5, 0.6) is 0 Å². The first-order valence-corrected chi connectivity index (χ1v) is 5.01. The third-order valence-electron chi connectivity index (χ3n) is 2.32. The van der Waals surface area contributed by atoms with Gasteiger partial charge in [0.05, 0.1) is 0 Å². The number of hydrogen-bond acceptors (Lipinski definition) is 1. The van der Waals surface area contributed by atoms with Gasteiger partial charge in [-0.2, -0.15) is 0 Å². The minimum atomic E-state index is 0.308. The smallest absolute Gasteiger partial charge is 0.0462 e. The van der Waals surface area contributed by atoms with Gasteiger partial charge in [-0.3, -0.25) is 0 Å². The highest BCUT2D eigenvalue weighted by atomic mass is 16.3. The lowest BCUT2D eigenvalue weighted by molar-refractivity contribution is 0.217. The molecular formula is C12H18O. The van der Waals surface area contributed by atoms with Crippen LogP contribution in [0.15, 0.2) is 30.3 Å². The van der Waals surface area contributed by atoms with Gasteiger partial charge in [-0.1, -0.05) is 43.7 Å². The van der Waals surface area contributed by atoms with Gasteiger partial charge in [0.25, 0.3) is 0 Å². The van der Waals surface area contributed by atoms with E-state index in [0.717, 1.165) is 19.3 Å². The van der Waals surface area contributed by atoms with Crippen molar-refractivity contribution in [1.29, 1.82) is 0 Å². The van der Waals surface area contributed by atoms with Gasteiger partial charge in [-0.05, 0) is 24.3 Å². The molecule has 13 heavy (non-hydrogen) atoms. The van der Waals surface area contributed by atoms with Crippen molar-refractivity contribution in [2.45, 2.75) is 26.2 Å². The Kier molecular flexibility index (Phi) is 4.55. The molecule has 0 aromatic heterocycles. The molecule has 0 heterocycles. The highest BCUT2D eigenvalue weighted by Crippen LogP contribution is 2.13. The van der Waals surface area contributed by atoms with Crippen molar-refractivity contribution < 1.29 is 5.11 Å². The van der Waals surface area contributed by atoms with E-state index in [0.29, 0.717) is 12.5 Å².